The van der Waals surface area contributed by atoms with Crippen molar-refractivity contribution in [3.8, 4) is 0 Å². The van der Waals surface area contributed by atoms with Crippen molar-refractivity contribution in [1.82, 2.24) is 0 Å². The summed E-state index contributed by atoms with van der Waals surface area (Å²) < 4.78 is 43.9. The number of rotatable bonds is 4. The van der Waals surface area contributed by atoms with E-state index in [1.54, 1.807) is 19.1 Å². The van der Waals surface area contributed by atoms with Crippen LogP contribution in [0.2, 0.25) is 0 Å². The molecule has 0 saturated heterocycles. The first-order valence-corrected chi connectivity index (χ1v) is 7.08. The fourth-order valence-electron chi connectivity index (χ4n) is 2.10. The third-order valence-electron chi connectivity index (χ3n) is 3.15. The Hall–Kier alpha value is -2.83. The van der Waals surface area contributed by atoms with Crippen LogP contribution in [0.1, 0.15) is 33.2 Å². The first-order chi connectivity index (χ1) is 11.3. The quantitative estimate of drug-likeness (QED) is 0.853. The molecule has 2 rings (SSSR count). The van der Waals surface area contributed by atoms with Crippen molar-refractivity contribution >= 4 is 17.6 Å². The molecule has 0 heterocycles. The summed E-state index contributed by atoms with van der Waals surface area (Å²) >= 11 is 0. The van der Waals surface area contributed by atoms with Crippen molar-refractivity contribution < 1.29 is 27.5 Å². The molecule has 24 heavy (non-hydrogen) atoms. The number of alkyl halides is 3. The maximum absolute atomic E-state index is 13.0. The van der Waals surface area contributed by atoms with Gasteiger partial charge in [-0.3, -0.25) is 4.79 Å². The lowest BCUT2D eigenvalue weighted by molar-refractivity contribution is -0.137. The van der Waals surface area contributed by atoms with Crippen LogP contribution in [-0.4, -0.2) is 18.5 Å². The number of para-hydroxylation sites is 1. The van der Waals surface area contributed by atoms with Gasteiger partial charge in [0.25, 0.3) is 5.91 Å². The lowest BCUT2D eigenvalue weighted by atomic mass is 10.1. The van der Waals surface area contributed by atoms with E-state index in [1.807, 2.05) is 0 Å². The number of carbonyl (C=O) groups excluding carboxylic acids is 2. The fraction of sp³-hybridized carbons (Fsp3) is 0.176. The van der Waals surface area contributed by atoms with Crippen LogP contribution in [0.25, 0.3) is 0 Å². The molecule has 0 aliphatic carbocycles. The number of ether oxygens (including phenoxy) is 1. The molecule has 2 aromatic carbocycles. The van der Waals surface area contributed by atoms with E-state index in [0.717, 1.165) is 12.1 Å². The van der Waals surface area contributed by atoms with E-state index in [9.17, 15) is 22.8 Å². The predicted molar refractivity (Wildman–Crippen MR) is 81.8 cm³/mol. The van der Waals surface area contributed by atoms with Crippen molar-refractivity contribution in [2.75, 3.05) is 11.9 Å². The Bertz CT molecular complexity index is 757. The molecule has 0 bridgehead atoms. The Morgan fingerprint density at radius 1 is 1.00 bits per heavy atom. The fourth-order valence-corrected chi connectivity index (χ4v) is 2.10. The number of amides is 1. The second-order valence-corrected chi connectivity index (χ2v) is 4.76. The zero-order chi connectivity index (χ0) is 17.7. The summed E-state index contributed by atoms with van der Waals surface area (Å²) in [4.78, 5) is 24.1. The zero-order valence-corrected chi connectivity index (χ0v) is 12.7. The summed E-state index contributed by atoms with van der Waals surface area (Å²) in [6.07, 6.45) is -4.66. The minimum atomic E-state index is -4.66. The Kier molecular flexibility index (Phi) is 5.23. The van der Waals surface area contributed by atoms with Crippen molar-refractivity contribution in [2.45, 2.75) is 13.1 Å². The molecule has 0 aliphatic rings. The average molecular weight is 337 g/mol. The van der Waals surface area contributed by atoms with E-state index in [4.69, 9.17) is 4.74 Å². The van der Waals surface area contributed by atoms with Gasteiger partial charge >= 0.3 is 12.1 Å². The molecule has 0 unspecified atom stereocenters. The number of benzene rings is 2. The number of anilines is 1. The van der Waals surface area contributed by atoms with Crippen LogP contribution in [0, 0.1) is 0 Å². The molecule has 1 N–H and O–H groups in total. The van der Waals surface area contributed by atoms with Crippen molar-refractivity contribution in [1.29, 1.82) is 0 Å². The maximum Gasteiger partial charge on any atom is 0.417 e. The average Bonchev–Trinajstić information content (AvgIpc) is 2.54. The van der Waals surface area contributed by atoms with Gasteiger partial charge in [-0.05, 0) is 31.2 Å². The Balaban J connectivity index is 2.34. The molecule has 1 amide bonds. The molecule has 0 radical (unpaired) electrons. The summed E-state index contributed by atoms with van der Waals surface area (Å²) in [6.45, 7) is 1.76. The van der Waals surface area contributed by atoms with Crippen LogP contribution in [0.3, 0.4) is 0 Å². The highest BCUT2D eigenvalue weighted by Gasteiger charge is 2.35. The van der Waals surface area contributed by atoms with E-state index in [2.05, 4.69) is 5.32 Å². The van der Waals surface area contributed by atoms with E-state index in [0.29, 0.717) is 0 Å². The maximum atomic E-state index is 13.0. The normalized spacial score (nSPS) is 11.0. The Morgan fingerprint density at radius 3 is 2.21 bits per heavy atom. The number of hydrogen-bond donors (Lipinski definition) is 1. The Morgan fingerprint density at radius 2 is 1.58 bits per heavy atom. The number of carbonyl (C=O) groups is 2. The number of nitrogens with one attached hydrogen (secondary N) is 1. The van der Waals surface area contributed by atoms with Crippen molar-refractivity contribution in [3.05, 3.63) is 65.2 Å². The van der Waals surface area contributed by atoms with Gasteiger partial charge in [0.05, 0.1) is 29.0 Å². The first-order valence-electron chi connectivity index (χ1n) is 7.08. The van der Waals surface area contributed by atoms with Gasteiger partial charge in [-0.15, -0.1) is 0 Å². The van der Waals surface area contributed by atoms with Gasteiger partial charge in [0, 0.05) is 0 Å². The lowest BCUT2D eigenvalue weighted by Crippen LogP contribution is -2.20. The van der Waals surface area contributed by atoms with Crippen LogP contribution >= 0.6 is 0 Å². The second-order valence-electron chi connectivity index (χ2n) is 4.76. The second kappa shape index (κ2) is 7.16. The number of halogens is 3. The van der Waals surface area contributed by atoms with Crippen LogP contribution < -0.4 is 5.32 Å². The van der Waals surface area contributed by atoms with Gasteiger partial charge < -0.3 is 10.1 Å². The molecule has 0 aliphatic heterocycles. The minimum Gasteiger partial charge on any atom is -0.462 e. The standard InChI is InChI=1S/C17H14F3NO3/c1-2-24-16(23)12-8-4-6-10-14(12)21-15(22)11-7-3-5-9-13(11)17(18,19)20/h3-10H,2H2,1H3,(H,21,22). The van der Waals surface area contributed by atoms with Crippen molar-refractivity contribution in [3.63, 3.8) is 0 Å². The van der Waals surface area contributed by atoms with E-state index < -0.39 is 29.2 Å². The highest BCUT2D eigenvalue weighted by atomic mass is 19.4. The lowest BCUT2D eigenvalue weighted by Gasteiger charge is -2.14. The molecule has 0 spiro atoms. The third kappa shape index (κ3) is 3.92. The van der Waals surface area contributed by atoms with E-state index >= 15 is 0 Å². The highest BCUT2D eigenvalue weighted by molar-refractivity contribution is 6.08. The molecular formula is C17H14F3NO3. The van der Waals surface area contributed by atoms with Gasteiger partial charge in [0.15, 0.2) is 0 Å². The SMILES string of the molecule is CCOC(=O)c1ccccc1NC(=O)c1ccccc1C(F)(F)F. The van der Waals surface area contributed by atoms with Gasteiger partial charge in [0.2, 0.25) is 0 Å². The van der Waals surface area contributed by atoms with Crippen LogP contribution in [0.4, 0.5) is 18.9 Å². The van der Waals surface area contributed by atoms with E-state index in [1.165, 1.54) is 24.3 Å². The molecule has 0 atom stereocenters. The van der Waals surface area contributed by atoms with Crippen LogP contribution in [0.5, 0.6) is 0 Å². The molecule has 4 nitrogen and oxygen atoms in total. The first kappa shape index (κ1) is 17.5. The Labute approximate surface area is 136 Å². The zero-order valence-electron chi connectivity index (χ0n) is 12.7. The van der Waals surface area contributed by atoms with Gasteiger partial charge in [-0.1, -0.05) is 24.3 Å². The van der Waals surface area contributed by atoms with Crippen LogP contribution in [-0.2, 0) is 10.9 Å². The van der Waals surface area contributed by atoms with Gasteiger partial charge in [0.1, 0.15) is 0 Å². The largest absolute Gasteiger partial charge is 0.462 e. The molecule has 7 heteroatoms. The summed E-state index contributed by atoms with van der Waals surface area (Å²) in [6, 6.07) is 10.4. The summed E-state index contributed by atoms with van der Waals surface area (Å²) in [7, 11) is 0. The number of esters is 1. The monoisotopic (exact) mass is 337 g/mol. The van der Waals surface area contributed by atoms with Gasteiger partial charge in [-0.2, -0.15) is 13.2 Å². The summed E-state index contributed by atoms with van der Waals surface area (Å²) in [5, 5.41) is 2.34. The van der Waals surface area contributed by atoms with E-state index in [-0.39, 0.29) is 17.9 Å². The highest BCUT2D eigenvalue weighted by Crippen LogP contribution is 2.32. The van der Waals surface area contributed by atoms with Gasteiger partial charge in [-0.25, -0.2) is 4.79 Å². The number of hydrogen-bond acceptors (Lipinski definition) is 3. The topological polar surface area (TPSA) is 55.4 Å². The third-order valence-corrected chi connectivity index (χ3v) is 3.15. The molecule has 0 fully saturated rings. The van der Waals surface area contributed by atoms with Crippen molar-refractivity contribution in [2.24, 2.45) is 0 Å². The molecular weight excluding hydrogens is 323 g/mol. The predicted octanol–water partition coefficient (Wildman–Crippen LogP) is 4.13. The molecule has 0 aromatic heterocycles. The minimum absolute atomic E-state index is 0.0668. The summed E-state index contributed by atoms with van der Waals surface area (Å²) in [5.74, 6) is -1.63. The molecule has 126 valence electrons. The smallest absolute Gasteiger partial charge is 0.417 e. The molecule has 0 saturated carbocycles. The summed E-state index contributed by atoms with van der Waals surface area (Å²) in [5.41, 5.74) is -1.42. The van der Waals surface area contributed by atoms with Crippen LogP contribution in [0.15, 0.2) is 48.5 Å². The molecule has 2 aromatic rings.